The van der Waals surface area contributed by atoms with Crippen molar-refractivity contribution in [3.05, 3.63) is 0 Å². The van der Waals surface area contributed by atoms with Crippen molar-refractivity contribution in [2.24, 2.45) is 0 Å². The number of rotatable bonds is 4. The smallest absolute Gasteiger partial charge is 0.323 e. The first-order valence-electron chi connectivity index (χ1n) is 7.26. The molecule has 0 aromatic carbocycles. The fourth-order valence-electron chi connectivity index (χ4n) is 3.65. The lowest BCUT2D eigenvalue weighted by molar-refractivity contribution is -0.147. The van der Waals surface area contributed by atoms with E-state index in [-0.39, 0.29) is 6.10 Å². The van der Waals surface area contributed by atoms with Gasteiger partial charge in [0.2, 0.25) is 0 Å². The normalized spacial score (nSPS) is 39.7. The molecule has 4 unspecified atom stereocenters. The van der Waals surface area contributed by atoms with Crippen LogP contribution in [-0.2, 0) is 9.53 Å². The molecule has 19 heavy (non-hydrogen) atoms. The fraction of sp³-hybridized carbons (Fsp3) is 0.929. The summed E-state index contributed by atoms with van der Waals surface area (Å²) < 4.78 is 5.63. The number of nitrogens with one attached hydrogen (secondary N) is 1. The van der Waals surface area contributed by atoms with E-state index < -0.39 is 11.5 Å². The number of ether oxygens (including phenoxy) is 1. The quantitative estimate of drug-likeness (QED) is 0.800. The van der Waals surface area contributed by atoms with Crippen molar-refractivity contribution >= 4 is 5.97 Å². The zero-order valence-corrected chi connectivity index (χ0v) is 12.2. The van der Waals surface area contributed by atoms with Crippen molar-refractivity contribution in [2.75, 3.05) is 20.7 Å². The maximum absolute atomic E-state index is 11.6. The molecule has 1 heterocycles. The van der Waals surface area contributed by atoms with Gasteiger partial charge in [-0.2, -0.15) is 0 Å². The molecule has 2 rings (SSSR count). The first kappa shape index (κ1) is 14.8. The zero-order valence-electron chi connectivity index (χ0n) is 12.2. The number of carboxylic acid groups (broad SMARTS) is 1. The molecule has 2 fully saturated rings. The summed E-state index contributed by atoms with van der Waals surface area (Å²) in [4.78, 5) is 13.9. The number of carboxylic acids is 1. The zero-order chi connectivity index (χ0) is 14.0. The minimum atomic E-state index is -0.750. The Morgan fingerprint density at radius 1 is 1.47 bits per heavy atom. The van der Waals surface area contributed by atoms with E-state index in [0.29, 0.717) is 18.5 Å². The van der Waals surface area contributed by atoms with E-state index in [4.69, 9.17) is 4.74 Å². The van der Waals surface area contributed by atoms with E-state index in [2.05, 4.69) is 24.2 Å². The van der Waals surface area contributed by atoms with Crippen LogP contribution in [0.25, 0.3) is 0 Å². The van der Waals surface area contributed by atoms with Crippen LogP contribution in [-0.4, -0.2) is 60.4 Å². The van der Waals surface area contributed by atoms with Gasteiger partial charge < -0.3 is 15.2 Å². The van der Waals surface area contributed by atoms with Gasteiger partial charge in [-0.1, -0.05) is 0 Å². The minimum absolute atomic E-state index is 0.251. The van der Waals surface area contributed by atoms with Gasteiger partial charge in [0, 0.05) is 18.7 Å². The summed E-state index contributed by atoms with van der Waals surface area (Å²) in [6.07, 6.45) is 4.74. The van der Waals surface area contributed by atoms with E-state index in [1.54, 1.807) is 7.05 Å². The monoisotopic (exact) mass is 270 g/mol. The molecule has 1 aliphatic carbocycles. The van der Waals surface area contributed by atoms with E-state index in [1.165, 1.54) is 0 Å². The van der Waals surface area contributed by atoms with Crippen LogP contribution in [0.4, 0.5) is 0 Å². The Kier molecular flexibility index (Phi) is 4.48. The van der Waals surface area contributed by atoms with Crippen molar-refractivity contribution in [3.63, 3.8) is 0 Å². The SMILES string of the molecule is CNC1(C(=O)O)CCCC(N(C)C2CCOC2C)C1. The maximum atomic E-state index is 11.6. The third-order valence-electron chi connectivity index (χ3n) is 5.05. The summed E-state index contributed by atoms with van der Waals surface area (Å²) in [5.41, 5.74) is -0.750. The summed E-state index contributed by atoms with van der Waals surface area (Å²) in [5, 5.41) is 12.5. The molecular formula is C14H26N2O3. The third-order valence-corrected chi connectivity index (χ3v) is 5.05. The lowest BCUT2D eigenvalue weighted by atomic mass is 9.78. The number of aliphatic carboxylic acids is 1. The topological polar surface area (TPSA) is 61.8 Å². The van der Waals surface area contributed by atoms with Gasteiger partial charge in [0.05, 0.1) is 6.10 Å². The molecule has 1 saturated heterocycles. The predicted molar refractivity (Wildman–Crippen MR) is 73.3 cm³/mol. The molecule has 2 aliphatic rings. The van der Waals surface area contributed by atoms with Gasteiger partial charge in [-0.15, -0.1) is 0 Å². The van der Waals surface area contributed by atoms with Gasteiger partial charge in [0.1, 0.15) is 5.54 Å². The molecule has 5 nitrogen and oxygen atoms in total. The van der Waals surface area contributed by atoms with E-state index in [0.717, 1.165) is 32.3 Å². The Balaban J connectivity index is 2.06. The number of hydrogen-bond acceptors (Lipinski definition) is 4. The maximum Gasteiger partial charge on any atom is 0.323 e. The highest BCUT2D eigenvalue weighted by Crippen LogP contribution is 2.33. The van der Waals surface area contributed by atoms with Gasteiger partial charge in [-0.05, 0) is 53.1 Å². The Bertz CT molecular complexity index is 337. The Hall–Kier alpha value is -0.650. The summed E-state index contributed by atoms with van der Waals surface area (Å²) in [6.45, 7) is 2.93. The van der Waals surface area contributed by atoms with Crippen LogP contribution in [0.2, 0.25) is 0 Å². The van der Waals surface area contributed by atoms with Gasteiger partial charge in [0.25, 0.3) is 0 Å². The van der Waals surface area contributed by atoms with Crippen molar-refractivity contribution in [1.82, 2.24) is 10.2 Å². The molecule has 2 N–H and O–H groups in total. The summed E-state index contributed by atoms with van der Waals surface area (Å²) in [5.74, 6) is -0.719. The summed E-state index contributed by atoms with van der Waals surface area (Å²) in [6, 6.07) is 0.748. The van der Waals surface area contributed by atoms with E-state index in [9.17, 15) is 9.90 Å². The van der Waals surface area contributed by atoms with Crippen LogP contribution >= 0.6 is 0 Å². The molecule has 0 aromatic rings. The highest BCUT2D eigenvalue weighted by Gasteiger charge is 2.44. The third kappa shape index (κ3) is 2.78. The van der Waals surface area contributed by atoms with Crippen LogP contribution in [0.5, 0.6) is 0 Å². The molecule has 0 aromatic heterocycles. The molecule has 1 saturated carbocycles. The molecule has 0 radical (unpaired) electrons. The van der Waals surface area contributed by atoms with Crippen LogP contribution < -0.4 is 5.32 Å². The fourth-order valence-corrected chi connectivity index (χ4v) is 3.65. The van der Waals surface area contributed by atoms with E-state index >= 15 is 0 Å². The first-order chi connectivity index (χ1) is 9.00. The number of carbonyl (C=O) groups is 1. The Morgan fingerprint density at radius 2 is 2.21 bits per heavy atom. The van der Waals surface area contributed by atoms with Crippen molar-refractivity contribution < 1.29 is 14.6 Å². The standard InChI is InChI=1S/C14H26N2O3/c1-10-12(6-8-19-10)16(3)11-5-4-7-14(9-11,15-2)13(17)18/h10-12,15H,4-9H2,1-3H3,(H,17,18). The second kappa shape index (κ2) is 5.77. The van der Waals surface area contributed by atoms with Crippen LogP contribution in [0.3, 0.4) is 0 Å². The van der Waals surface area contributed by atoms with Gasteiger partial charge in [-0.3, -0.25) is 9.69 Å². The second-order valence-corrected chi connectivity index (χ2v) is 5.98. The first-order valence-corrected chi connectivity index (χ1v) is 7.26. The van der Waals surface area contributed by atoms with Gasteiger partial charge in [-0.25, -0.2) is 0 Å². The van der Waals surface area contributed by atoms with Crippen LogP contribution in [0, 0.1) is 0 Å². The van der Waals surface area contributed by atoms with E-state index in [1.807, 2.05) is 0 Å². The van der Waals surface area contributed by atoms with Gasteiger partial charge >= 0.3 is 5.97 Å². The lowest BCUT2D eigenvalue weighted by Crippen LogP contribution is -2.58. The predicted octanol–water partition coefficient (Wildman–Crippen LogP) is 1.08. The average Bonchev–Trinajstić information content (AvgIpc) is 2.84. The van der Waals surface area contributed by atoms with Crippen LogP contribution in [0.1, 0.15) is 39.0 Å². The number of hydrogen-bond donors (Lipinski definition) is 2. The molecule has 5 heteroatoms. The average molecular weight is 270 g/mol. The molecule has 0 bridgehead atoms. The molecule has 110 valence electrons. The number of nitrogens with zero attached hydrogens (tertiary/aromatic N) is 1. The van der Waals surface area contributed by atoms with Crippen LogP contribution in [0.15, 0.2) is 0 Å². The molecule has 1 aliphatic heterocycles. The summed E-state index contributed by atoms with van der Waals surface area (Å²) in [7, 11) is 3.88. The van der Waals surface area contributed by atoms with Crippen molar-refractivity contribution in [1.29, 1.82) is 0 Å². The molecule has 0 spiro atoms. The molecule has 4 atom stereocenters. The van der Waals surface area contributed by atoms with Crippen molar-refractivity contribution in [3.8, 4) is 0 Å². The Morgan fingerprint density at radius 3 is 2.74 bits per heavy atom. The number of likely N-dealkylation sites (N-methyl/N-ethyl adjacent to an activating group) is 2. The molecule has 0 amide bonds. The minimum Gasteiger partial charge on any atom is -0.480 e. The highest BCUT2D eigenvalue weighted by molar-refractivity contribution is 5.79. The Labute approximate surface area is 115 Å². The van der Waals surface area contributed by atoms with Gasteiger partial charge in [0.15, 0.2) is 0 Å². The largest absolute Gasteiger partial charge is 0.480 e. The highest BCUT2D eigenvalue weighted by atomic mass is 16.5. The van der Waals surface area contributed by atoms with Crippen molar-refractivity contribution in [2.45, 2.75) is 62.8 Å². The lowest BCUT2D eigenvalue weighted by Gasteiger charge is -2.43. The molecular weight excluding hydrogens is 244 g/mol. The summed E-state index contributed by atoms with van der Waals surface area (Å²) >= 11 is 0. The second-order valence-electron chi connectivity index (χ2n) is 5.98.